The summed E-state index contributed by atoms with van der Waals surface area (Å²) in [5.41, 5.74) is -0.625. The Morgan fingerprint density at radius 2 is 2.14 bits per heavy atom. The van der Waals surface area contributed by atoms with Crippen LogP contribution >= 0.6 is 15.9 Å². The Morgan fingerprint density at radius 1 is 1.50 bits per heavy atom. The van der Waals surface area contributed by atoms with Gasteiger partial charge in [-0.2, -0.15) is 13.2 Å². The Bertz CT molecular complexity index is 327. The van der Waals surface area contributed by atoms with Crippen LogP contribution in [-0.2, 0) is 11.5 Å². The molecule has 6 heteroatoms. The molecule has 0 fully saturated rings. The number of methoxy groups -OCH3 is 1. The normalized spacial score (nSPS) is 11.5. The molecule has 0 aromatic carbocycles. The second-order valence-corrected chi connectivity index (χ2v) is 3.08. The number of halogens is 4. The molecule has 0 saturated carbocycles. The molecule has 0 unspecified atom stereocenters. The van der Waals surface area contributed by atoms with E-state index in [0.29, 0.717) is 0 Å². The largest absolute Gasteiger partial charge is 0.481 e. The summed E-state index contributed by atoms with van der Waals surface area (Å²) in [6.45, 7) is 0. The van der Waals surface area contributed by atoms with Gasteiger partial charge in [0.05, 0.1) is 12.7 Å². The molecule has 0 atom stereocenters. The van der Waals surface area contributed by atoms with Crippen molar-refractivity contribution < 1.29 is 17.9 Å². The number of rotatable bonds is 2. The van der Waals surface area contributed by atoms with Crippen LogP contribution in [0.5, 0.6) is 5.88 Å². The highest BCUT2D eigenvalue weighted by molar-refractivity contribution is 9.08. The van der Waals surface area contributed by atoms with Crippen molar-refractivity contribution in [1.29, 1.82) is 0 Å². The molecule has 0 bridgehead atoms. The van der Waals surface area contributed by atoms with Crippen LogP contribution in [0, 0.1) is 0 Å². The molecule has 0 saturated heterocycles. The molecule has 0 radical (unpaired) electrons. The number of pyridine rings is 1. The van der Waals surface area contributed by atoms with Gasteiger partial charge in [0.1, 0.15) is 0 Å². The first-order valence-electron chi connectivity index (χ1n) is 3.65. The van der Waals surface area contributed by atoms with Crippen LogP contribution in [0.3, 0.4) is 0 Å². The molecule has 0 spiro atoms. The van der Waals surface area contributed by atoms with Crippen molar-refractivity contribution in [3.63, 3.8) is 0 Å². The standard InChI is InChI=1S/C8H7BrF3NO/c1-14-7-2-6(8(10,11)12)5(3-9)4-13-7/h2,4H,3H2,1H3. The predicted molar refractivity (Wildman–Crippen MR) is 48.4 cm³/mol. The molecule has 1 aromatic rings. The third kappa shape index (κ3) is 2.37. The van der Waals surface area contributed by atoms with Gasteiger partial charge in [0.2, 0.25) is 5.88 Å². The summed E-state index contributed by atoms with van der Waals surface area (Å²) >= 11 is 2.97. The van der Waals surface area contributed by atoms with Gasteiger partial charge in [0.15, 0.2) is 0 Å². The monoisotopic (exact) mass is 269 g/mol. The predicted octanol–water partition coefficient (Wildman–Crippen LogP) is 3.00. The van der Waals surface area contributed by atoms with Crippen LogP contribution in [0.1, 0.15) is 11.1 Å². The van der Waals surface area contributed by atoms with Gasteiger partial charge in [0, 0.05) is 17.6 Å². The van der Waals surface area contributed by atoms with Crippen LogP contribution in [0.4, 0.5) is 13.2 Å². The third-order valence-electron chi connectivity index (χ3n) is 1.62. The number of hydrogen-bond acceptors (Lipinski definition) is 2. The van der Waals surface area contributed by atoms with E-state index in [0.717, 1.165) is 12.3 Å². The number of alkyl halides is 4. The van der Waals surface area contributed by atoms with E-state index in [-0.39, 0.29) is 16.8 Å². The minimum atomic E-state index is -4.38. The maximum Gasteiger partial charge on any atom is 0.416 e. The van der Waals surface area contributed by atoms with Crippen molar-refractivity contribution >= 4 is 15.9 Å². The van der Waals surface area contributed by atoms with Crippen molar-refractivity contribution in [2.45, 2.75) is 11.5 Å². The van der Waals surface area contributed by atoms with Gasteiger partial charge in [-0.25, -0.2) is 4.98 Å². The number of aromatic nitrogens is 1. The van der Waals surface area contributed by atoms with E-state index in [4.69, 9.17) is 0 Å². The molecule has 0 N–H and O–H groups in total. The molecule has 2 nitrogen and oxygen atoms in total. The topological polar surface area (TPSA) is 22.1 Å². The third-order valence-corrected chi connectivity index (χ3v) is 2.22. The van der Waals surface area contributed by atoms with Gasteiger partial charge in [-0.3, -0.25) is 0 Å². The van der Waals surface area contributed by atoms with Gasteiger partial charge >= 0.3 is 6.18 Å². The van der Waals surface area contributed by atoms with Crippen molar-refractivity contribution in [3.05, 3.63) is 23.4 Å². The van der Waals surface area contributed by atoms with Gasteiger partial charge in [-0.15, -0.1) is 0 Å². The summed E-state index contributed by atoms with van der Waals surface area (Å²) in [7, 11) is 1.27. The van der Waals surface area contributed by atoms with E-state index in [1.54, 1.807) is 0 Å². The van der Waals surface area contributed by atoms with Gasteiger partial charge in [-0.05, 0) is 5.56 Å². The molecule has 1 aromatic heterocycles. The zero-order valence-corrected chi connectivity index (χ0v) is 8.82. The zero-order chi connectivity index (χ0) is 10.8. The highest BCUT2D eigenvalue weighted by Crippen LogP contribution is 2.34. The lowest BCUT2D eigenvalue weighted by atomic mass is 10.1. The molecule has 1 heterocycles. The van der Waals surface area contributed by atoms with Crippen LogP contribution in [-0.4, -0.2) is 12.1 Å². The summed E-state index contributed by atoms with van der Waals surface area (Å²) in [6, 6.07) is 0.886. The van der Waals surface area contributed by atoms with E-state index >= 15 is 0 Å². The second kappa shape index (κ2) is 4.16. The highest BCUT2D eigenvalue weighted by Gasteiger charge is 2.33. The van der Waals surface area contributed by atoms with Crippen molar-refractivity contribution in [3.8, 4) is 5.88 Å². The van der Waals surface area contributed by atoms with E-state index in [1.165, 1.54) is 7.11 Å². The molecular formula is C8H7BrF3NO. The molecule has 0 aliphatic carbocycles. The fourth-order valence-electron chi connectivity index (χ4n) is 0.947. The first-order chi connectivity index (χ1) is 6.49. The Labute approximate surface area is 87.2 Å². The summed E-state index contributed by atoms with van der Waals surface area (Å²) < 4.78 is 42.0. The molecule has 0 amide bonds. The Morgan fingerprint density at radius 3 is 2.57 bits per heavy atom. The van der Waals surface area contributed by atoms with Crippen LogP contribution in [0.2, 0.25) is 0 Å². The lowest BCUT2D eigenvalue weighted by molar-refractivity contribution is -0.138. The molecular weight excluding hydrogens is 263 g/mol. The summed E-state index contributed by atoms with van der Waals surface area (Å²) in [5.74, 6) is -0.0398. The molecule has 14 heavy (non-hydrogen) atoms. The van der Waals surface area contributed by atoms with Crippen LogP contribution in [0.15, 0.2) is 12.3 Å². The van der Waals surface area contributed by atoms with Gasteiger partial charge < -0.3 is 4.74 Å². The molecule has 1 rings (SSSR count). The average Bonchev–Trinajstić information content (AvgIpc) is 2.15. The maximum absolute atomic E-state index is 12.4. The minimum absolute atomic E-state index is 0.0398. The van der Waals surface area contributed by atoms with Crippen LogP contribution < -0.4 is 4.74 Å². The van der Waals surface area contributed by atoms with E-state index < -0.39 is 11.7 Å². The number of ether oxygens (including phenoxy) is 1. The maximum atomic E-state index is 12.4. The van der Waals surface area contributed by atoms with Crippen molar-refractivity contribution in [2.75, 3.05) is 7.11 Å². The Balaban J connectivity index is 3.22. The second-order valence-electron chi connectivity index (χ2n) is 2.52. The highest BCUT2D eigenvalue weighted by atomic mass is 79.9. The SMILES string of the molecule is COc1cc(C(F)(F)F)c(CBr)cn1. The first-order valence-corrected chi connectivity index (χ1v) is 4.77. The minimum Gasteiger partial charge on any atom is -0.481 e. The lowest BCUT2D eigenvalue weighted by Crippen LogP contribution is -2.09. The lowest BCUT2D eigenvalue weighted by Gasteiger charge is -2.11. The molecule has 78 valence electrons. The number of nitrogens with zero attached hydrogens (tertiary/aromatic N) is 1. The average molecular weight is 270 g/mol. The molecule has 0 aliphatic rings. The van der Waals surface area contributed by atoms with Crippen LogP contribution in [0.25, 0.3) is 0 Å². The van der Waals surface area contributed by atoms with E-state index in [2.05, 4.69) is 25.7 Å². The quantitative estimate of drug-likeness (QED) is 0.771. The summed E-state index contributed by atoms with van der Waals surface area (Å²) in [5, 5.41) is 0.110. The Kier molecular flexibility index (Phi) is 3.36. The molecule has 0 aliphatic heterocycles. The zero-order valence-electron chi connectivity index (χ0n) is 7.23. The summed E-state index contributed by atoms with van der Waals surface area (Å²) in [4.78, 5) is 3.69. The Hall–Kier alpha value is -0.780. The smallest absolute Gasteiger partial charge is 0.416 e. The summed E-state index contributed by atoms with van der Waals surface area (Å²) in [6.07, 6.45) is -3.23. The van der Waals surface area contributed by atoms with Crippen molar-refractivity contribution in [2.24, 2.45) is 0 Å². The van der Waals surface area contributed by atoms with E-state index in [1.807, 2.05) is 0 Å². The van der Waals surface area contributed by atoms with E-state index in [9.17, 15) is 13.2 Å². The first kappa shape index (κ1) is 11.3. The van der Waals surface area contributed by atoms with Gasteiger partial charge in [0.25, 0.3) is 0 Å². The van der Waals surface area contributed by atoms with Gasteiger partial charge in [-0.1, -0.05) is 15.9 Å². The number of hydrogen-bond donors (Lipinski definition) is 0. The van der Waals surface area contributed by atoms with Crippen molar-refractivity contribution in [1.82, 2.24) is 4.98 Å². The fourth-order valence-corrected chi connectivity index (χ4v) is 1.39. The fraction of sp³-hybridized carbons (Fsp3) is 0.375.